The number of aromatic nitrogens is 1. The van der Waals surface area contributed by atoms with E-state index in [1.807, 2.05) is 36.4 Å². The first kappa shape index (κ1) is 23.4. The van der Waals surface area contributed by atoms with Crippen LogP contribution in [0.3, 0.4) is 0 Å². The summed E-state index contributed by atoms with van der Waals surface area (Å²) in [4.78, 5) is 42.5. The van der Waals surface area contributed by atoms with Gasteiger partial charge in [-0.2, -0.15) is 0 Å². The lowest BCUT2D eigenvalue weighted by Crippen LogP contribution is -2.50. The predicted octanol–water partition coefficient (Wildman–Crippen LogP) is 4.75. The first-order valence-electron chi connectivity index (χ1n) is 10.7. The lowest BCUT2D eigenvalue weighted by molar-refractivity contribution is -0.147. The largest absolute Gasteiger partial charge is 0.480 e. The molecule has 176 valence electrons. The van der Waals surface area contributed by atoms with Crippen LogP contribution in [0.2, 0.25) is 0 Å². The van der Waals surface area contributed by atoms with Gasteiger partial charge in [-0.15, -0.1) is 0 Å². The van der Waals surface area contributed by atoms with Crippen molar-refractivity contribution in [3.63, 3.8) is 0 Å². The highest BCUT2D eigenvalue weighted by atomic mass is 32.1. The third-order valence-corrected chi connectivity index (χ3v) is 7.27. The molecule has 8 nitrogen and oxygen atoms in total. The number of carboxylic acids is 1. The van der Waals surface area contributed by atoms with Crippen molar-refractivity contribution in [1.82, 2.24) is 9.88 Å². The fourth-order valence-electron chi connectivity index (χ4n) is 3.92. The topological polar surface area (TPSA) is 109 Å². The Morgan fingerprint density at radius 2 is 1.65 bits per heavy atom. The summed E-state index contributed by atoms with van der Waals surface area (Å²) in [5.74, 6) is -1.68. The van der Waals surface area contributed by atoms with Gasteiger partial charge in [0.2, 0.25) is 0 Å². The van der Waals surface area contributed by atoms with E-state index in [2.05, 4.69) is 22.4 Å². The third-order valence-electron chi connectivity index (χ3n) is 6.21. The van der Waals surface area contributed by atoms with E-state index >= 15 is 0 Å². The fourth-order valence-corrected chi connectivity index (χ4v) is 4.85. The lowest BCUT2D eigenvalue weighted by Gasteiger charge is -2.31. The molecule has 34 heavy (non-hydrogen) atoms. The maximum atomic E-state index is 12.8. The molecule has 0 spiro atoms. The van der Waals surface area contributed by atoms with Crippen LogP contribution in [-0.2, 0) is 9.53 Å². The molecular weight excluding hydrogens is 454 g/mol. The summed E-state index contributed by atoms with van der Waals surface area (Å²) < 4.78 is 5.53. The molecule has 1 heterocycles. The van der Waals surface area contributed by atoms with E-state index < -0.39 is 23.5 Å². The number of rotatable bonds is 6. The van der Waals surface area contributed by atoms with Gasteiger partial charge < -0.3 is 14.7 Å². The minimum absolute atomic E-state index is 0.0692. The summed E-state index contributed by atoms with van der Waals surface area (Å²) >= 11 is 0.980. The second kappa shape index (κ2) is 8.90. The molecule has 0 aliphatic heterocycles. The zero-order chi connectivity index (χ0) is 24.6. The molecule has 3 aromatic rings. The Morgan fingerprint density at radius 1 is 1.09 bits per heavy atom. The number of carbonyl (C=O) groups excluding carboxylic acids is 2. The van der Waals surface area contributed by atoms with Crippen molar-refractivity contribution < 1.29 is 24.2 Å². The van der Waals surface area contributed by atoms with Gasteiger partial charge in [0, 0.05) is 13.0 Å². The molecule has 0 bridgehead atoms. The lowest BCUT2D eigenvalue weighted by atomic mass is 9.98. The number of aliphatic carboxylic acids is 1. The average molecular weight is 480 g/mol. The number of nitrogens with zero attached hydrogens (tertiary/aromatic N) is 2. The zero-order valence-corrected chi connectivity index (χ0v) is 20.1. The van der Waals surface area contributed by atoms with Crippen LogP contribution in [0.25, 0.3) is 11.1 Å². The molecule has 2 aromatic carbocycles. The van der Waals surface area contributed by atoms with E-state index in [1.165, 1.54) is 20.9 Å². The highest BCUT2D eigenvalue weighted by molar-refractivity contribution is 7.17. The average Bonchev–Trinajstić information content (AvgIpc) is 3.33. The standard InChI is InChI=1S/C25H25N3O5S/c1-14-20(21(29)28(4)25(2,3)22(30)31)34-23(26-14)27-24(32)33-13-19-17-11-7-5-9-15(17)16-10-6-8-12-18(16)19/h5-12,19H,13H2,1-4H3,(H,30,31)(H,26,27,32). The molecule has 0 saturated heterocycles. The maximum absolute atomic E-state index is 12.8. The van der Waals surface area contributed by atoms with Crippen molar-refractivity contribution in [3.8, 4) is 11.1 Å². The third kappa shape index (κ3) is 4.14. The molecular formula is C25H25N3O5S. The number of aryl methyl sites for hydroxylation is 1. The number of anilines is 1. The quantitative estimate of drug-likeness (QED) is 0.528. The van der Waals surface area contributed by atoms with Gasteiger partial charge in [-0.05, 0) is 43.0 Å². The van der Waals surface area contributed by atoms with Crippen LogP contribution < -0.4 is 5.32 Å². The van der Waals surface area contributed by atoms with Crippen molar-refractivity contribution in [2.45, 2.75) is 32.2 Å². The maximum Gasteiger partial charge on any atom is 0.413 e. The van der Waals surface area contributed by atoms with Gasteiger partial charge in [-0.1, -0.05) is 59.9 Å². The second-order valence-corrected chi connectivity index (χ2v) is 9.61. The number of fused-ring (bicyclic) bond motifs is 3. The summed E-state index contributed by atoms with van der Waals surface area (Å²) in [6, 6.07) is 16.1. The molecule has 4 rings (SSSR count). The van der Waals surface area contributed by atoms with Gasteiger partial charge in [0.05, 0.1) is 5.69 Å². The second-order valence-electron chi connectivity index (χ2n) is 8.61. The summed E-state index contributed by atoms with van der Waals surface area (Å²) in [5.41, 5.74) is 3.50. The first-order valence-corrected chi connectivity index (χ1v) is 11.5. The van der Waals surface area contributed by atoms with Crippen molar-refractivity contribution in [2.24, 2.45) is 0 Å². The Hall–Kier alpha value is -3.72. The Morgan fingerprint density at radius 3 is 2.21 bits per heavy atom. The van der Waals surface area contributed by atoms with Crippen molar-refractivity contribution in [2.75, 3.05) is 19.0 Å². The molecule has 1 aliphatic rings. The minimum Gasteiger partial charge on any atom is -0.480 e. The van der Waals surface area contributed by atoms with Crippen LogP contribution in [0.5, 0.6) is 0 Å². The molecule has 9 heteroatoms. The minimum atomic E-state index is -1.39. The van der Waals surface area contributed by atoms with Crippen LogP contribution in [0.15, 0.2) is 48.5 Å². The summed E-state index contributed by atoms with van der Waals surface area (Å²) in [6.07, 6.45) is -0.672. The van der Waals surface area contributed by atoms with E-state index in [0.29, 0.717) is 5.69 Å². The molecule has 2 N–H and O–H groups in total. The van der Waals surface area contributed by atoms with E-state index in [1.54, 1.807) is 6.92 Å². The Labute approximate surface area is 201 Å². The van der Waals surface area contributed by atoms with E-state index in [-0.39, 0.29) is 22.5 Å². The number of nitrogens with one attached hydrogen (secondary N) is 1. The summed E-state index contributed by atoms with van der Waals surface area (Å²) in [6.45, 7) is 4.68. The summed E-state index contributed by atoms with van der Waals surface area (Å²) in [7, 11) is 1.42. The molecule has 0 saturated carbocycles. The fraction of sp³-hybridized carbons (Fsp3) is 0.280. The number of hydrogen-bond acceptors (Lipinski definition) is 6. The number of carbonyl (C=O) groups is 3. The molecule has 0 radical (unpaired) electrons. The Bertz CT molecular complexity index is 1240. The number of likely N-dealkylation sites (N-methyl/N-ethyl adjacent to an activating group) is 1. The smallest absolute Gasteiger partial charge is 0.413 e. The van der Waals surface area contributed by atoms with Crippen LogP contribution in [0.4, 0.5) is 9.93 Å². The van der Waals surface area contributed by atoms with Crippen molar-refractivity contribution in [1.29, 1.82) is 0 Å². The van der Waals surface area contributed by atoms with Crippen LogP contribution in [0, 0.1) is 6.92 Å². The van der Waals surface area contributed by atoms with Gasteiger partial charge in [0.25, 0.3) is 5.91 Å². The van der Waals surface area contributed by atoms with E-state index in [4.69, 9.17) is 4.74 Å². The molecule has 2 amide bonds. The monoisotopic (exact) mass is 479 g/mol. The van der Waals surface area contributed by atoms with Crippen molar-refractivity contribution in [3.05, 3.63) is 70.2 Å². The number of benzene rings is 2. The van der Waals surface area contributed by atoms with Gasteiger partial charge >= 0.3 is 12.1 Å². The Kier molecular flexibility index (Phi) is 6.14. The molecule has 0 fully saturated rings. The normalized spacial score (nSPS) is 12.6. The van der Waals surface area contributed by atoms with Gasteiger partial charge in [0.15, 0.2) is 5.13 Å². The molecule has 0 unspecified atom stereocenters. The number of carboxylic acid groups (broad SMARTS) is 1. The highest BCUT2D eigenvalue weighted by Gasteiger charge is 2.37. The van der Waals surface area contributed by atoms with Crippen molar-refractivity contribution >= 4 is 34.4 Å². The predicted molar refractivity (Wildman–Crippen MR) is 129 cm³/mol. The Balaban J connectivity index is 1.44. The SMILES string of the molecule is Cc1nc(NC(=O)OCC2c3ccccc3-c3ccccc32)sc1C(=O)N(C)C(C)(C)C(=O)O. The molecule has 1 aliphatic carbocycles. The number of thiazole rings is 1. The number of ether oxygens (including phenoxy) is 1. The van der Waals surface area contributed by atoms with E-state index in [9.17, 15) is 19.5 Å². The molecule has 1 aromatic heterocycles. The van der Waals surface area contributed by atoms with Crippen LogP contribution in [0.1, 0.15) is 46.3 Å². The van der Waals surface area contributed by atoms with E-state index in [0.717, 1.165) is 38.5 Å². The first-order chi connectivity index (χ1) is 16.1. The highest BCUT2D eigenvalue weighted by Crippen LogP contribution is 2.44. The zero-order valence-electron chi connectivity index (χ0n) is 19.3. The number of amides is 2. The molecule has 0 atom stereocenters. The van der Waals surface area contributed by atoms with Gasteiger partial charge in [-0.3, -0.25) is 10.1 Å². The number of hydrogen-bond donors (Lipinski definition) is 2. The van der Waals surface area contributed by atoms with Crippen LogP contribution in [-0.4, -0.2) is 52.2 Å². The van der Waals surface area contributed by atoms with Gasteiger partial charge in [-0.25, -0.2) is 14.6 Å². The summed E-state index contributed by atoms with van der Waals surface area (Å²) in [5, 5.41) is 12.2. The van der Waals surface area contributed by atoms with Crippen LogP contribution >= 0.6 is 11.3 Å². The van der Waals surface area contributed by atoms with Gasteiger partial charge in [0.1, 0.15) is 17.0 Å².